The van der Waals surface area contributed by atoms with Gasteiger partial charge in [0.15, 0.2) is 9.92 Å². The molecule has 0 bridgehead atoms. The largest absolute Gasteiger partial charge is 0.478 e. The molecule has 27 heavy (non-hydrogen) atoms. The lowest BCUT2D eigenvalue weighted by Gasteiger charge is -2.16. The zero-order valence-electron chi connectivity index (χ0n) is 14.5. The topological polar surface area (TPSA) is 132 Å². The SMILES string of the molecule is N=S(=O)(NC(=O)Nc1c2c(cc3c1CCC3)CCC2)c1cc(C(=O)O)co1. The zero-order chi connectivity index (χ0) is 19.2. The van der Waals surface area contributed by atoms with Gasteiger partial charge in [-0.15, -0.1) is 0 Å². The second-order valence-corrected chi connectivity index (χ2v) is 8.52. The lowest BCUT2D eigenvalue weighted by Crippen LogP contribution is -2.34. The van der Waals surface area contributed by atoms with E-state index < -0.39 is 27.0 Å². The number of carbonyl (C=O) groups is 2. The molecule has 0 saturated heterocycles. The van der Waals surface area contributed by atoms with Gasteiger partial charge >= 0.3 is 12.0 Å². The van der Waals surface area contributed by atoms with Crippen LogP contribution in [0.4, 0.5) is 10.5 Å². The smallest absolute Gasteiger partial charge is 0.339 e. The third-order valence-corrected chi connectivity index (χ3v) is 6.31. The van der Waals surface area contributed by atoms with Crippen molar-refractivity contribution in [3.63, 3.8) is 0 Å². The predicted molar refractivity (Wildman–Crippen MR) is 97.4 cm³/mol. The normalized spacial score (nSPS) is 17.0. The van der Waals surface area contributed by atoms with Crippen LogP contribution in [0, 0.1) is 4.78 Å². The highest BCUT2D eigenvalue weighted by Crippen LogP contribution is 2.38. The standard InChI is InChI=1S/C18H19N3O5S/c19-27(25,15-8-12(9-26-15)17(22)23)21-18(24)20-16-13-5-1-3-10(13)7-11-4-2-6-14(11)16/h7-9H,1-6H2,(H,22,23)(H3,19,20,21,24,25). The number of carbonyl (C=O) groups excluding carboxylic acids is 1. The summed E-state index contributed by atoms with van der Waals surface area (Å²) in [5.74, 6) is -1.26. The second-order valence-electron chi connectivity index (χ2n) is 6.81. The van der Waals surface area contributed by atoms with Crippen molar-refractivity contribution in [1.29, 1.82) is 4.78 Å². The quantitative estimate of drug-likeness (QED) is 0.638. The molecule has 4 N–H and O–H groups in total. The lowest BCUT2D eigenvalue weighted by atomic mass is 9.99. The first-order valence-corrected chi connectivity index (χ1v) is 10.3. The highest BCUT2D eigenvalue weighted by molar-refractivity contribution is 7.91. The molecule has 2 aromatic rings. The molecule has 1 atom stereocenters. The molecule has 1 unspecified atom stereocenters. The van der Waals surface area contributed by atoms with Crippen LogP contribution in [0.2, 0.25) is 0 Å². The van der Waals surface area contributed by atoms with Crippen LogP contribution in [0.5, 0.6) is 0 Å². The molecule has 0 saturated carbocycles. The molecule has 1 aromatic heterocycles. The van der Waals surface area contributed by atoms with Gasteiger partial charge in [-0.1, -0.05) is 6.07 Å². The molecular weight excluding hydrogens is 370 g/mol. The summed E-state index contributed by atoms with van der Waals surface area (Å²) in [7, 11) is -3.81. The molecule has 1 heterocycles. The molecular formula is C18H19N3O5S. The minimum atomic E-state index is -3.81. The monoisotopic (exact) mass is 389 g/mol. The number of aromatic carboxylic acids is 1. The summed E-state index contributed by atoms with van der Waals surface area (Å²) < 4.78 is 27.4. The Morgan fingerprint density at radius 3 is 2.26 bits per heavy atom. The van der Waals surface area contributed by atoms with Crippen molar-refractivity contribution >= 4 is 27.6 Å². The fourth-order valence-electron chi connectivity index (χ4n) is 3.87. The molecule has 2 amide bonds. The maximum Gasteiger partial charge on any atom is 0.339 e. The van der Waals surface area contributed by atoms with Gasteiger partial charge in [0, 0.05) is 11.8 Å². The maximum atomic E-state index is 12.5. The van der Waals surface area contributed by atoms with Crippen molar-refractivity contribution in [3.8, 4) is 0 Å². The van der Waals surface area contributed by atoms with Gasteiger partial charge in [0.05, 0.1) is 5.56 Å². The van der Waals surface area contributed by atoms with Gasteiger partial charge in [-0.05, 0) is 60.8 Å². The van der Waals surface area contributed by atoms with E-state index in [4.69, 9.17) is 14.3 Å². The second kappa shape index (κ2) is 6.41. The van der Waals surface area contributed by atoms with E-state index in [-0.39, 0.29) is 5.56 Å². The van der Waals surface area contributed by atoms with Crippen LogP contribution in [-0.4, -0.2) is 21.3 Å². The van der Waals surface area contributed by atoms with E-state index in [1.165, 1.54) is 11.1 Å². The fraction of sp³-hybridized carbons (Fsp3) is 0.333. The van der Waals surface area contributed by atoms with E-state index >= 15 is 0 Å². The Labute approximate surface area is 156 Å². The molecule has 142 valence electrons. The Morgan fingerprint density at radius 2 is 1.70 bits per heavy atom. The molecule has 9 heteroatoms. The van der Waals surface area contributed by atoms with Gasteiger partial charge in [-0.2, -0.15) is 0 Å². The van der Waals surface area contributed by atoms with Gasteiger partial charge in [0.1, 0.15) is 6.26 Å². The van der Waals surface area contributed by atoms with Crippen molar-refractivity contribution in [3.05, 3.63) is 46.2 Å². The summed E-state index contributed by atoms with van der Waals surface area (Å²) >= 11 is 0. The van der Waals surface area contributed by atoms with Crippen LogP contribution in [0.3, 0.4) is 0 Å². The molecule has 0 aliphatic heterocycles. The van der Waals surface area contributed by atoms with Crippen molar-refractivity contribution in [2.24, 2.45) is 0 Å². The Kier molecular flexibility index (Phi) is 4.18. The predicted octanol–water partition coefficient (Wildman–Crippen LogP) is 3.10. The van der Waals surface area contributed by atoms with Crippen molar-refractivity contribution in [2.45, 2.75) is 43.6 Å². The van der Waals surface area contributed by atoms with Crippen LogP contribution in [0.25, 0.3) is 0 Å². The van der Waals surface area contributed by atoms with E-state index in [0.29, 0.717) is 0 Å². The van der Waals surface area contributed by atoms with Gasteiger partial charge in [0.25, 0.3) is 0 Å². The third kappa shape index (κ3) is 3.18. The minimum Gasteiger partial charge on any atom is -0.478 e. The number of rotatable bonds is 4. The van der Waals surface area contributed by atoms with E-state index in [1.54, 1.807) is 0 Å². The van der Waals surface area contributed by atoms with E-state index in [1.807, 2.05) is 0 Å². The number of benzene rings is 1. The summed E-state index contributed by atoms with van der Waals surface area (Å²) in [6.45, 7) is 0. The highest BCUT2D eigenvalue weighted by Gasteiger charge is 2.26. The number of amides is 2. The lowest BCUT2D eigenvalue weighted by molar-refractivity contribution is 0.0696. The highest BCUT2D eigenvalue weighted by atomic mass is 32.2. The van der Waals surface area contributed by atoms with Gasteiger partial charge in [0.2, 0.25) is 5.09 Å². The fourth-order valence-corrected chi connectivity index (χ4v) is 4.76. The average molecular weight is 389 g/mol. The Hall–Kier alpha value is -2.81. The molecule has 4 rings (SSSR count). The number of furan rings is 1. The molecule has 2 aliphatic carbocycles. The summed E-state index contributed by atoms with van der Waals surface area (Å²) in [4.78, 5) is 23.4. The number of carboxylic acid groups (broad SMARTS) is 1. The summed E-state index contributed by atoms with van der Waals surface area (Å²) in [5, 5.41) is 11.3. The number of hydrogen-bond donors (Lipinski definition) is 4. The van der Waals surface area contributed by atoms with Crippen LogP contribution in [-0.2, 0) is 35.6 Å². The number of fused-ring (bicyclic) bond motifs is 2. The number of nitrogens with one attached hydrogen (secondary N) is 3. The first-order valence-electron chi connectivity index (χ1n) is 8.71. The van der Waals surface area contributed by atoms with E-state index in [0.717, 1.165) is 67.7 Å². The number of aryl methyl sites for hydroxylation is 2. The Balaban J connectivity index is 1.57. The summed E-state index contributed by atoms with van der Waals surface area (Å²) in [6.07, 6.45) is 6.70. The number of carboxylic acids is 1. The van der Waals surface area contributed by atoms with Crippen LogP contribution < -0.4 is 10.0 Å². The first kappa shape index (κ1) is 17.6. The molecule has 0 radical (unpaired) electrons. The van der Waals surface area contributed by atoms with Gasteiger partial charge < -0.3 is 14.8 Å². The number of hydrogen-bond acceptors (Lipinski definition) is 5. The number of urea groups is 1. The summed E-state index contributed by atoms with van der Waals surface area (Å²) in [6, 6.07) is 2.45. The van der Waals surface area contributed by atoms with Crippen molar-refractivity contribution in [2.75, 3.05) is 5.32 Å². The van der Waals surface area contributed by atoms with E-state index in [2.05, 4.69) is 16.1 Å². The van der Waals surface area contributed by atoms with Gasteiger partial charge in [-0.25, -0.2) is 23.3 Å². The average Bonchev–Trinajstić information content (AvgIpc) is 3.34. The molecule has 1 aromatic carbocycles. The Morgan fingerprint density at radius 1 is 1.07 bits per heavy atom. The minimum absolute atomic E-state index is 0.231. The zero-order valence-corrected chi connectivity index (χ0v) is 15.3. The van der Waals surface area contributed by atoms with Crippen molar-refractivity contribution in [1.82, 2.24) is 4.72 Å². The summed E-state index contributed by atoms with van der Waals surface area (Å²) in [5.41, 5.74) is 5.27. The van der Waals surface area contributed by atoms with E-state index in [9.17, 15) is 13.8 Å². The Bertz CT molecular complexity index is 1020. The van der Waals surface area contributed by atoms with Crippen molar-refractivity contribution < 1.29 is 23.3 Å². The van der Waals surface area contributed by atoms with Crippen LogP contribution >= 0.6 is 0 Å². The van der Waals surface area contributed by atoms with Crippen LogP contribution in [0.1, 0.15) is 45.5 Å². The maximum absolute atomic E-state index is 12.5. The molecule has 2 aliphatic rings. The van der Waals surface area contributed by atoms with Gasteiger partial charge in [-0.3, -0.25) is 0 Å². The first-order chi connectivity index (χ1) is 12.8. The van der Waals surface area contributed by atoms with Crippen LogP contribution in [0.15, 0.2) is 27.9 Å². The third-order valence-electron chi connectivity index (χ3n) is 5.05. The molecule has 0 spiro atoms. The molecule has 0 fully saturated rings. The molecule has 8 nitrogen and oxygen atoms in total. The number of anilines is 1.